The van der Waals surface area contributed by atoms with E-state index in [1.165, 1.54) is 6.42 Å². The van der Waals surface area contributed by atoms with Crippen LogP contribution in [0.1, 0.15) is 46.5 Å². The fourth-order valence-electron chi connectivity index (χ4n) is 1.71. The number of hydrogen-bond acceptors (Lipinski definition) is 2. The Kier molecular flexibility index (Phi) is 3.13. The first-order valence-corrected chi connectivity index (χ1v) is 5.01. The van der Waals surface area contributed by atoms with Crippen LogP contribution < -0.4 is 5.32 Å². The predicted molar refractivity (Wildman–Crippen MR) is 51.2 cm³/mol. The van der Waals surface area contributed by atoms with Crippen molar-refractivity contribution in [3.05, 3.63) is 0 Å². The molecular formula is C10H21NO. The van der Waals surface area contributed by atoms with Crippen molar-refractivity contribution in [2.45, 2.75) is 64.1 Å². The van der Waals surface area contributed by atoms with Crippen LogP contribution in [0.15, 0.2) is 0 Å². The molecule has 0 heterocycles. The van der Waals surface area contributed by atoms with Crippen LogP contribution >= 0.6 is 0 Å². The number of hydrogen-bond donors (Lipinski definition) is 2. The lowest BCUT2D eigenvalue weighted by molar-refractivity contribution is 0.131. The van der Waals surface area contributed by atoms with Crippen molar-refractivity contribution in [2.24, 2.45) is 0 Å². The molecule has 0 unspecified atom stereocenters. The van der Waals surface area contributed by atoms with Crippen LogP contribution in [0.3, 0.4) is 0 Å². The molecule has 2 N–H and O–H groups in total. The van der Waals surface area contributed by atoms with E-state index in [1.54, 1.807) is 0 Å². The average Bonchev–Trinajstić information content (AvgIpc) is 2.36. The fraction of sp³-hybridized carbons (Fsp3) is 1.00. The van der Waals surface area contributed by atoms with E-state index in [0.29, 0.717) is 6.04 Å². The summed E-state index contributed by atoms with van der Waals surface area (Å²) in [5, 5.41) is 13.1. The molecule has 2 heteroatoms. The van der Waals surface area contributed by atoms with Gasteiger partial charge in [-0.15, -0.1) is 0 Å². The lowest BCUT2D eigenvalue weighted by atomic mass is 9.99. The molecule has 0 bridgehead atoms. The van der Waals surface area contributed by atoms with Crippen LogP contribution in [0.2, 0.25) is 0 Å². The van der Waals surface area contributed by atoms with Crippen molar-refractivity contribution in [3.8, 4) is 0 Å². The van der Waals surface area contributed by atoms with E-state index in [4.69, 9.17) is 0 Å². The molecular weight excluding hydrogens is 150 g/mol. The molecule has 2 nitrogen and oxygen atoms in total. The van der Waals surface area contributed by atoms with Gasteiger partial charge in [-0.2, -0.15) is 0 Å². The Morgan fingerprint density at radius 3 is 2.50 bits per heavy atom. The first-order valence-electron chi connectivity index (χ1n) is 5.01. The largest absolute Gasteiger partial charge is 0.392 e. The van der Waals surface area contributed by atoms with Gasteiger partial charge in [-0.3, -0.25) is 0 Å². The highest BCUT2D eigenvalue weighted by molar-refractivity contribution is 4.88. The standard InChI is InChI=1S/C10H21NO/c1-4-10(2,3)11-8-6-5-7-9(8)12/h8-9,11-12H,4-7H2,1-3H3/t8-,9-/m1/s1. The molecule has 0 saturated heterocycles. The topological polar surface area (TPSA) is 32.3 Å². The zero-order valence-electron chi connectivity index (χ0n) is 8.43. The highest BCUT2D eigenvalue weighted by atomic mass is 16.3. The monoisotopic (exact) mass is 171 g/mol. The van der Waals surface area contributed by atoms with Crippen LogP contribution in [-0.4, -0.2) is 22.8 Å². The minimum atomic E-state index is -0.115. The quantitative estimate of drug-likeness (QED) is 0.677. The van der Waals surface area contributed by atoms with Crippen molar-refractivity contribution in [1.82, 2.24) is 5.32 Å². The lowest BCUT2D eigenvalue weighted by Gasteiger charge is -2.30. The van der Waals surface area contributed by atoms with Crippen LogP contribution in [0, 0.1) is 0 Å². The summed E-state index contributed by atoms with van der Waals surface area (Å²) >= 11 is 0. The van der Waals surface area contributed by atoms with Gasteiger partial charge in [0.15, 0.2) is 0 Å². The van der Waals surface area contributed by atoms with E-state index in [1.807, 2.05) is 0 Å². The minimum Gasteiger partial charge on any atom is -0.392 e. The molecule has 0 aromatic rings. The van der Waals surface area contributed by atoms with Gasteiger partial charge in [0.1, 0.15) is 0 Å². The van der Waals surface area contributed by atoms with E-state index in [0.717, 1.165) is 19.3 Å². The van der Waals surface area contributed by atoms with Crippen LogP contribution in [0.4, 0.5) is 0 Å². The maximum Gasteiger partial charge on any atom is 0.0693 e. The number of nitrogens with one attached hydrogen (secondary N) is 1. The smallest absolute Gasteiger partial charge is 0.0693 e. The van der Waals surface area contributed by atoms with Crippen molar-refractivity contribution in [2.75, 3.05) is 0 Å². The average molecular weight is 171 g/mol. The van der Waals surface area contributed by atoms with Crippen molar-refractivity contribution in [1.29, 1.82) is 0 Å². The third-order valence-corrected chi connectivity index (χ3v) is 2.94. The van der Waals surface area contributed by atoms with E-state index in [2.05, 4.69) is 26.1 Å². The molecule has 0 aliphatic heterocycles. The van der Waals surface area contributed by atoms with Gasteiger partial charge in [-0.05, 0) is 39.5 Å². The van der Waals surface area contributed by atoms with Gasteiger partial charge in [-0.1, -0.05) is 6.92 Å². The van der Waals surface area contributed by atoms with Gasteiger partial charge in [0.25, 0.3) is 0 Å². The zero-order chi connectivity index (χ0) is 9.19. The van der Waals surface area contributed by atoms with E-state index < -0.39 is 0 Å². The van der Waals surface area contributed by atoms with Gasteiger partial charge in [0.2, 0.25) is 0 Å². The Bertz CT molecular complexity index is 145. The molecule has 0 radical (unpaired) electrons. The van der Waals surface area contributed by atoms with Gasteiger partial charge in [-0.25, -0.2) is 0 Å². The lowest BCUT2D eigenvalue weighted by Crippen LogP contribution is -2.48. The molecule has 12 heavy (non-hydrogen) atoms. The minimum absolute atomic E-state index is 0.115. The van der Waals surface area contributed by atoms with Gasteiger partial charge >= 0.3 is 0 Å². The van der Waals surface area contributed by atoms with Gasteiger partial charge in [0.05, 0.1) is 6.10 Å². The van der Waals surface area contributed by atoms with Crippen LogP contribution in [0.25, 0.3) is 0 Å². The summed E-state index contributed by atoms with van der Waals surface area (Å²) < 4.78 is 0. The first-order chi connectivity index (χ1) is 5.55. The molecule has 1 aliphatic rings. The maximum absolute atomic E-state index is 9.59. The molecule has 1 fully saturated rings. The summed E-state index contributed by atoms with van der Waals surface area (Å²) in [7, 11) is 0. The van der Waals surface area contributed by atoms with Crippen LogP contribution in [0.5, 0.6) is 0 Å². The van der Waals surface area contributed by atoms with Crippen molar-refractivity contribution >= 4 is 0 Å². The van der Waals surface area contributed by atoms with Crippen LogP contribution in [-0.2, 0) is 0 Å². The molecule has 2 atom stereocenters. The normalized spacial score (nSPS) is 31.0. The Morgan fingerprint density at radius 1 is 1.42 bits per heavy atom. The third-order valence-electron chi connectivity index (χ3n) is 2.94. The molecule has 0 spiro atoms. The third kappa shape index (κ3) is 2.46. The molecule has 0 aromatic carbocycles. The highest BCUT2D eigenvalue weighted by Gasteiger charge is 2.29. The Labute approximate surface area is 75.4 Å². The second-order valence-electron chi connectivity index (χ2n) is 4.49. The predicted octanol–water partition coefficient (Wildman–Crippen LogP) is 1.68. The second kappa shape index (κ2) is 3.75. The fourth-order valence-corrected chi connectivity index (χ4v) is 1.71. The zero-order valence-corrected chi connectivity index (χ0v) is 8.43. The highest BCUT2D eigenvalue weighted by Crippen LogP contribution is 2.22. The molecule has 1 saturated carbocycles. The Hall–Kier alpha value is -0.0800. The summed E-state index contributed by atoms with van der Waals surface area (Å²) in [6, 6.07) is 0.333. The maximum atomic E-state index is 9.59. The number of rotatable bonds is 3. The Morgan fingerprint density at radius 2 is 2.08 bits per heavy atom. The molecule has 0 amide bonds. The van der Waals surface area contributed by atoms with Crippen molar-refractivity contribution < 1.29 is 5.11 Å². The molecule has 0 aromatic heterocycles. The van der Waals surface area contributed by atoms with Gasteiger partial charge < -0.3 is 10.4 Å². The summed E-state index contributed by atoms with van der Waals surface area (Å²) in [6.45, 7) is 6.56. The molecule has 72 valence electrons. The van der Waals surface area contributed by atoms with Gasteiger partial charge in [0, 0.05) is 11.6 Å². The van der Waals surface area contributed by atoms with Crippen molar-refractivity contribution in [3.63, 3.8) is 0 Å². The Balaban J connectivity index is 2.39. The summed E-state index contributed by atoms with van der Waals surface area (Å²) in [5.74, 6) is 0. The summed E-state index contributed by atoms with van der Waals surface area (Å²) in [6.07, 6.45) is 4.26. The van der Waals surface area contributed by atoms with E-state index in [9.17, 15) is 5.11 Å². The van der Waals surface area contributed by atoms with E-state index >= 15 is 0 Å². The molecule has 1 aliphatic carbocycles. The summed E-state index contributed by atoms with van der Waals surface area (Å²) in [5.41, 5.74) is 0.177. The second-order valence-corrected chi connectivity index (χ2v) is 4.49. The number of aliphatic hydroxyl groups is 1. The summed E-state index contributed by atoms with van der Waals surface area (Å²) in [4.78, 5) is 0. The van der Waals surface area contributed by atoms with E-state index in [-0.39, 0.29) is 11.6 Å². The first kappa shape index (κ1) is 10.0. The molecule has 1 rings (SSSR count). The number of aliphatic hydroxyl groups excluding tert-OH is 1. The SMILES string of the molecule is CCC(C)(C)N[C@@H]1CCC[C@H]1O.